The van der Waals surface area contributed by atoms with Crippen LogP contribution < -0.4 is 0 Å². The van der Waals surface area contributed by atoms with Crippen molar-refractivity contribution in [2.45, 2.75) is 84.2 Å². The van der Waals surface area contributed by atoms with Crippen molar-refractivity contribution in [2.75, 3.05) is 13.7 Å². The summed E-state index contributed by atoms with van der Waals surface area (Å²) in [6.07, 6.45) is 11.6. The van der Waals surface area contributed by atoms with E-state index >= 15 is 0 Å². The number of rotatable bonds is 2. The number of aliphatic hydroxyl groups is 1. The molecule has 2 heteroatoms. The molecular formula is C23H38O2. The van der Waals surface area contributed by atoms with Gasteiger partial charge in [0.05, 0.1) is 14.9 Å². The maximum Gasteiger partial charge on any atom is 0.0622 e. The largest absolute Gasteiger partial charge is 0.390 e. The molecule has 4 saturated carbocycles. The first-order chi connectivity index (χ1) is 12.6. The molecule has 0 aliphatic heterocycles. The highest BCUT2D eigenvalue weighted by molar-refractivity contribution is 5.24. The zero-order chi connectivity index (χ0) is 19.7. The third-order valence-electron chi connectivity index (χ3n) is 8.93. The van der Waals surface area contributed by atoms with Gasteiger partial charge >= 0.3 is 0 Å². The summed E-state index contributed by atoms with van der Waals surface area (Å²) in [5, 5.41) is 10.7. The average molecular weight is 349 g/mol. The Kier molecular flexibility index (Phi) is 3.82. The maximum atomic E-state index is 10.7. The Labute approximate surface area is 157 Å². The quantitative estimate of drug-likeness (QED) is 0.681. The lowest BCUT2D eigenvalue weighted by Crippen LogP contribution is -2.58. The predicted molar refractivity (Wildman–Crippen MR) is 102 cm³/mol. The summed E-state index contributed by atoms with van der Waals surface area (Å²) < 4.78 is 23.4. The number of ether oxygens (including phenoxy) is 1. The van der Waals surface area contributed by atoms with Gasteiger partial charge in [0, 0.05) is 7.11 Å². The van der Waals surface area contributed by atoms with Gasteiger partial charge in [-0.15, -0.1) is 0 Å². The van der Waals surface area contributed by atoms with Gasteiger partial charge in [-0.05, 0) is 106 Å². The van der Waals surface area contributed by atoms with Gasteiger partial charge in [0.25, 0.3) is 0 Å². The Bertz CT molecular complexity index is 628. The second kappa shape index (κ2) is 6.09. The van der Waals surface area contributed by atoms with Crippen molar-refractivity contribution in [3.05, 3.63) is 11.6 Å². The molecule has 0 amide bonds. The van der Waals surface area contributed by atoms with Crippen molar-refractivity contribution in [1.29, 1.82) is 0 Å². The fourth-order valence-corrected chi connectivity index (χ4v) is 7.79. The van der Waals surface area contributed by atoms with Gasteiger partial charge in [-0.3, -0.25) is 0 Å². The minimum Gasteiger partial charge on any atom is -0.390 e. The lowest BCUT2D eigenvalue weighted by atomic mass is 9.44. The Morgan fingerprint density at radius 3 is 2.68 bits per heavy atom. The van der Waals surface area contributed by atoms with Crippen molar-refractivity contribution in [1.82, 2.24) is 0 Å². The highest BCUT2D eigenvalue weighted by Crippen LogP contribution is 2.68. The van der Waals surface area contributed by atoms with Crippen molar-refractivity contribution in [2.24, 2.45) is 34.5 Å². The molecule has 4 fully saturated rings. The zero-order valence-electron chi connectivity index (χ0n) is 18.6. The SMILES string of the molecule is [2H]C([2H])(OC)[C@]12CC[C@@](C)(O)C[C@H]1CC[C@@H]1[C@@H]2CC[C@]2(C)/C(=C\C)CC[C@@H]12. The molecule has 142 valence electrons. The van der Waals surface area contributed by atoms with E-state index in [0.717, 1.165) is 25.7 Å². The fourth-order valence-electron chi connectivity index (χ4n) is 7.79. The highest BCUT2D eigenvalue weighted by atomic mass is 16.5. The van der Waals surface area contributed by atoms with Crippen LogP contribution >= 0.6 is 0 Å². The smallest absolute Gasteiger partial charge is 0.0622 e. The molecule has 25 heavy (non-hydrogen) atoms. The first-order valence-corrected chi connectivity index (χ1v) is 10.5. The number of fused-ring (bicyclic) bond motifs is 5. The lowest BCUT2D eigenvalue weighted by molar-refractivity contribution is -0.169. The van der Waals surface area contributed by atoms with Crippen LogP contribution in [0, 0.1) is 34.5 Å². The molecule has 2 nitrogen and oxygen atoms in total. The van der Waals surface area contributed by atoms with Crippen molar-refractivity contribution in [3.8, 4) is 0 Å². The van der Waals surface area contributed by atoms with Gasteiger partial charge in [0.2, 0.25) is 0 Å². The number of methoxy groups -OCH3 is 1. The van der Waals surface area contributed by atoms with E-state index in [2.05, 4.69) is 19.9 Å². The van der Waals surface area contributed by atoms with Crippen LogP contribution in [-0.2, 0) is 4.74 Å². The molecule has 4 aliphatic rings. The van der Waals surface area contributed by atoms with Crippen LogP contribution in [0.1, 0.15) is 81.3 Å². The number of allylic oxidation sites excluding steroid dienone is 2. The Hall–Kier alpha value is -0.340. The fraction of sp³-hybridized carbons (Fsp3) is 0.913. The average Bonchev–Trinajstić information content (AvgIpc) is 2.96. The summed E-state index contributed by atoms with van der Waals surface area (Å²) in [5.74, 6) is 1.90. The van der Waals surface area contributed by atoms with E-state index < -0.39 is 17.6 Å². The second-order valence-corrected chi connectivity index (χ2v) is 10.0. The molecule has 0 heterocycles. The molecule has 1 N–H and O–H groups in total. The second-order valence-electron chi connectivity index (χ2n) is 10.0. The minimum atomic E-state index is -1.62. The highest BCUT2D eigenvalue weighted by Gasteiger charge is 2.61. The van der Waals surface area contributed by atoms with E-state index in [1.807, 2.05) is 6.92 Å². The van der Waals surface area contributed by atoms with Gasteiger partial charge in [-0.25, -0.2) is 0 Å². The molecular weight excluding hydrogens is 308 g/mol. The molecule has 7 atom stereocenters. The summed E-state index contributed by atoms with van der Waals surface area (Å²) in [6, 6.07) is 0. The van der Waals surface area contributed by atoms with E-state index in [-0.39, 0.29) is 5.92 Å². The van der Waals surface area contributed by atoms with Crippen molar-refractivity contribution >= 4 is 0 Å². The van der Waals surface area contributed by atoms with Crippen LogP contribution in [0.5, 0.6) is 0 Å². The first-order valence-electron chi connectivity index (χ1n) is 11.5. The summed E-state index contributed by atoms with van der Waals surface area (Å²) in [5.41, 5.74) is 0.875. The summed E-state index contributed by atoms with van der Waals surface area (Å²) in [6.45, 7) is 5.00. The van der Waals surface area contributed by atoms with Crippen LogP contribution in [0.25, 0.3) is 0 Å². The molecule has 0 aromatic carbocycles. The van der Waals surface area contributed by atoms with Gasteiger partial charge < -0.3 is 9.84 Å². The van der Waals surface area contributed by atoms with E-state index in [1.165, 1.54) is 25.7 Å². The standard InChI is InChI=1S/C23H38O2/c1-5-16-7-9-19-18-8-6-17-14-21(2,24)12-13-23(17,15-25-4)20(18)10-11-22(16,19)3/h5,17-20,24H,6-15H2,1-4H3/b16-5-/t17-,18+,19+,20+,21-,22-,23-/m1/s1/i15D2. The number of hydrogen-bond donors (Lipinski definition) is 1. The zero-order valence-corrected chi connectivity index (χ0v) is 16.6. The normalized spacial score (nSPS) is 55.8. The molecule has 0 aromatic rings. The molecule has 0 radical (unpaired) electrons. The predicted octanol–water partition coefficient (Wildman–Crippen LogP) is 5.35. The number of hydrogen-bond acceptors (Lipinski definition) is 2. The third kappa shape index (κ3) is 2.57. The van der Waals surface area contributed by atoms with Crippen LogP contribution in [0.3, 0.4) is 0 Å². The topological polar surface area (TPSA) is 29.5 Å². The Morgan fingerprint density at radius 1 is 1.16 bits per heavy atom. The van der Waals surface area contributed by atoms with Gasteiger partial charge in [-0.2, -0.15) is 0 Å². The van der Waals surface area contributed by atoms with E-state index in [9.17, 15) is 5.11 Å². The Morgan fingerprint density at radius 2 is 1.96 bits per heavy atom. The van der Waals surface area contributed by atoms with E-state index in [4.69, 9.17) is 7.48 Å². The lowest BCUT2D eigenvalue weighted by Gasteiger charge is -2.62. The molecule has 4 aliphatic carbocycles. The van der Waals surface area contributed by atoms with Crippen LogP contribution in [0.15, 0.2) is 11.6 Å². The third-order valence-corrected chi connectivity index (χ3v) is 8.93. The summed E-state index contributed by atoms with van der Waals surface area (Å²) >= 11 is 0. The Balaban J connectivity index is 1.75. The molecule has 0 aromatic heterocycles. The minimum absolute atomic E-state index is 0.226. The monoisotopic (exact) mass is 348 g/mol. The molecule has 0 unspecified atom stereocenters. The summed E-state index contributed by atoms with van der Waals surface area (Å²) in [7, 11) is 1.54. The molecule has 0 bridgehead atoms. The maximum absolute atomic E-state index is 10.7. The molecule has 0 saturated heterocycles. The van der Waals surface area contributed by atoms with Crippen LogP contribution in [0.4, 0.5) is 0 Å². The van der Waals surface area contributed by atoms with Crippen LogP contribution in [0.2, 0.25) is 0 Å². The van der Waals surface area contributed by atoms with Crippen molar-refractivity contribution in [3.63, 3.8) is 0 Å². The summed E-state index contributed by atoms with van der Waals surface area (Å²) in [4.78, 5) is 0. The molecule has 4 rings (SSSR count). The van der Waals surface area contributed by atoms with Crippen molar-refractivity contribution < 1.29 is 12.6 Å². The van der Waals surface area contributed by atoms with Gasteiger partial charge in [-0.1, -0.05) is 18.6 Å². The first kappa shape index (κ1) is 15.7. The molecule has 0 spiro atoms. The van der Waals surface area contributed by atoms with E-state index in [1.54, 1.807) is 12.7 Å². The van der Waals surface area contributed by atoms with Gasteiger partial charge in [0.1, 0.15) is 0 Å². The van der Waals surface area contributed by atoms with Crippen LogP contribution in [-0.4, -0.2) is 24.4 Å². The van der Waals surface area contributed by atoms with Gasteiger partial charge in [0.15, 0.2) is 0 Å². The van der Waals surface area contributed by atoms with E-state index in [0.29, 0.717) is 29.6 Å².